The van der Waals surface area contributed by atoms with Crippen molar-refractivity contribution >= 4 is 23.3 Å². The Hall–Kier alpha value is -4.54. The lowest BCUT2D eigenvalue weighted by atomic mass is 9.83. The Labute approximate surface area is 174 Å². The molecule has 11 nitrogen and oxygen atoms in total. The van der Waals surface area contributed by atoms with Gasteiger partial charge in [-0.25, -0.2) is 9.59 Å². The number of esters is 1. The minimum absolute atomic E-state index is 0.112. The fourth-order valence-corrected chi connectivity index (χ4v) is 3.13. The van der Waals surface area contributed by atoms with Gasteiger partial charge >= 0.3 is 11.9 Å². The molecule has 0 fully saturated rings. The van der Waals surface area contributed by atoms with Crippen molar-refractivity contribution in [1.82, 2.24) is 5.32 Å². The molecule has 2 aromatic carbocycles. The standard InChI is InChI=1S/C20H15N3O8/c24-19(25)15-9-21-10-16(18(15)12-5-3-6-14(8-12)22(27)28)20(26)31-11-13-4-1-2-7-17(13)23(29)30/h1-10,18,21H,11H2,(H,24,25). The highest BCUT2D eigenvalue weighted by atomic mass is 16.6. The molecular formula is C20H15N3O8. The number of non-ortho nitro benzene ring substituents is 1. The number of rotatable bonds is 7. The first kappa shape index (κ1) is 21.2. The monoisotopic (exact) mass is 425 g/mol. The van der Waals surface area contributed by atoms with Crippen LogP contribution in [-0.2, 0) is 20.9 Å². The lowest BCUT2D eigenvalue weighted by molar-refractivity contribution is -0.385. The average molecular weight is 425 g/mol. The van der Waals surface area contributed by atoms with Gasteiger partial charge in [0.05, 0.1) is 32.5 Å². The minimum Gasteiger partial charge on any atom is -0.478 e. The lowest BCUT2D eigenvalue weighted by Crippen LogP contribution is -2.26. The van der Waals surface area contributed by atoms with Crippen molar-refractivity contribution in [2.45, 2.75) is 12.5 Å². The van der Waals surface area contributed by atoms with Crippen LogP contribution in [0.1, 0.15) is 17.0 Å². The number of nitrogens with zero attached hydrogens (tertiary/aromatic N) is 2. The highest BCUT2D eigenvalue weighted by molar-refractivity contribution is 5.98. The smallest absolute Gasteiger partial charge is 0.336 e. The molecule has 3 rings (SSSR count). The van der Waals surface area contributed by atoms with Crippen LogP contribution in [0.4, 0.5) is 11.4 Å². The molecule has 0 spiro atoms. The molecule has 0 radical (unpaired) electrons. The van der Waals surface area contributed by atoms with Gasteiger partial charge in [0.2, 0.25) is 0 Å². The van der Waals surface area contributed by atoms with E-state index in [1.165, 1.54) is 54.9 Å². The largest absolute Gasteiger partial charge is 0.478 e. The normalized spacial score (nSPS) is 15.2. The molecule has 0 aliphatic carbocycles. The third kappa shape index (κ3) is 4.56. The maximum atomic E-state index is 12.8. The summed E-state index contributed by atoms with van der Waals surface area (Å²) in [4.78, 5) is 45.5. The van der Waals surface area contributed by atoms with E-state index in [1.807, 2.05) is 0 Å². The molecule has 1 atom stereocenters. The summed E-state index contributed by atoms with van der Waals surface area (Å²) < 4.78 is 5.21. The summed E-state index contributed by atoms with van der Waals surface area (Å²) in [5.41, 5.74) is -0.468. The first-order valence-corrected chi connectivity index (χ1v) is 8.83. The molecule has 1 aliphatic heterocycles. The number of benzene rings is 2. The predicted molar refractivity (Wildman–Crippen MR) is 106 cm³/mol. The fourth-order valence-electron chi connectivity index (χ4n) is 3.13. The first-order chi connectivity index (χ1) is 14.8. The molecule has 2 aromatic rings. The molecule has 1 heterocycles. The average Bonchev–Trinajstić information content (AvgIpc) is 2.77. The number of nitrogens with one attached hydrogen (secondary N) is 1. The van der Waals surface area contributed by atoms with Crippen molar-refractivity contribution < 1.29 is 29.3 Å². The topological polar surface area (TPSA) is 162 Å². The second-order valence-electron chi connectivity index (χ2n) is 6.42. The lowest BCUT2D eigenvalue weighted by Gasteiger charge is -2.24. The zero-order chi connectivity index (χ0) is 22.5. The van der Waals surface area contributed by atoms with Gasteiger partial charge in [-0.15, -0.1) is 0 Å². The summed E-state index contributed by atoms with van der Waals surface area (Å²) in [6.45, 7) is -0.416. The van der Waals surface area contributed by atoms with Crippen LogP contribution in [0.5, 0.6) is 0 Å². The van der Waals surface area contributed by atoms with Gasteiger partial charge in [0.15, 0.2) is 0 Å². The van der Waals surface area contributed by atoms with Crippen molar-refractivity contribution in [3.63, 3.8) is 0 Å². The zero-order valence-electron chi connectivity index (χ0n) is 15.8. The molecular weight excluding hydrogens is 410 g/mol. The first-order valence-electron chi connectivity index (χ1n) is 8.83. The van der Waals surface area contributed by atoms with E-state index in [4.69, 9.17) is 4.74 Å². The second kappa shape index (κ2) is 8.86. The SMILES string of the molecule is O=C(O)C1=CNC=C(C(=O)OCc2ccccc2[N+](=O)[O-])C1c1cccc([N+](=O)[O-])c1. The van der Waals surface area contributed by atoms with Crippen molar-refractivity contribution in [2.24, 2.45) is 0 Å². The van der Waals surface area contributed by atoms with Crippen LogP contribution in [-0.4, -0.2) is 26.9 Å². The van der Waals surface area contributed by atoms with Gasteiger partial charge in [-0.05, 0) is 11.6 Å². The van der Waals surface area contributed by atoms with E-state index in [2.05, 4.69) is 5.32 Å². The Balaban J connectivity index is 1.91. The molecule has 1 aliphatic rings. The van der Waals surface area contributed by atoms with Gasteiger partial charge in [0.25, 0.3) is 11.4 Å². The van der Waals surface area contributed by atoms with Gasteiger partial charge in [-0.1, -0.05) is 24.3 Å². The van der Waals surface area contributed by atoms with Crippen molar-refractivity contribution in [1.29, 1.82) is 0 Å². The highest BCUT2D eigenvalue weighted by Crippen LogP contribution is 2.36. The molecule has 0 saturated carbocycles. The molecule has 0 bridgehead atoms. The number of aliphatic carboxylic acids is 1. The number of carboxylic acids is 1. The van der Waals surface area contributed by atoms with Crippen LogP contribution in [0.3, 0.4) is 0 Å². The van der Waals surface area contributed by atoms with Crippen molar-refractivity contribution in [3.8, 4) is 0 Å². The second-order valence-corrected chi connectivity index (χ2v) is 6.42. The quantitative estimate of drug-likeness (QED) is 0.386. The summed E-state index contributed by atoms with van der Waals surface area (Å²) >= 11 is 0. The van der Waals surface area contributed by atoms with E-state index in [1.54, 1.807) is 6.07 Å². The number of carbonyl (C=O) groups excluding carboxylic acids is 1. The van der Waals surface area contributed by atoms with Crippen LogP contribution in [0.2, 0.25) is 0 Å². The summed E-state index contributed by atoms with van der Waals surface area (Å²) in [7, 11) is 0. The van der Waals surface area contributed by atoms with Crippen LogP contribution >= 0.6 is 0 Å². The number of carbonyl (C=O) groups is 2. The number of hydrogen-bond acceptors (Lipinski definition) is 8. The van der Waals surface area contributed by atoms with Crippen LogP contribution in [0, 0.1) is 20.2 Å². The Bertz CT molecular complexity index is 1140. The van der Waals surface area contributed by atoms with Crippen LogP contribution in [0.25, 0.3) is 0 Å². The number of dihydropyridines is 1. The number of ether oxygens (including phenoxy) is 1. The van der Waals surface area contributed by atoms with E-state index in [9.17, 15) is 34.9 Å². The van der Waals surface area contributed by atoms with Crippen molar-refractivity contribution in [3.05, 3.63) is 103 Å². The third-order valence-corrected chi connectivity index (χ3v) is 4.54. The number of nitro groups is 2. The van der Waals surface area contributed by atoms with E-state index in [-0.39, 0.29) is 33.6 Å². The number of nitro benzene ring substituents is 2. The maximum absolute atomic E-state index is 12.8. The van der Waals surface area contributed by atoms with E-state index in [0.29, 0.717) is 0 Å². The van der Waals surface area contributed by atoms with E-state index in [0.717, 1.165) is 0 Å². The molecule has 0 aromatic heterocycles. The number of carboxylic acid groups (broad SMARTS) is 1. The zero-order valence-corrected chi connectivity index (χ0v) is 15.8. The van der Waals surface area contributed by atoms with Gasteiger partial charge in [0.1, 0.15) is 6.61 Å². The minimum atomic E-state index is -1.33. The summed E-state index contributed by atoms with van der Waals surface area (Å²) in [6.07, 6.45) is 2.41. The van der Waals surface area contributed by atoms with Crippen LogP contribution in [0.15, 0.2) is 72.1 Å². The van der Waals surface area contributed by atoms with Gasteiger partial charge in [0, 0.05) is 30.6 Å². The number of para-hydroxylation sites is 1. The Morgan fingerprint density at radius 1 is 1.00 bits per heavy atom. The highest BCUT2D eigenvalue weighted by Gasteiger charge is 2.34. The molecule has 1 unspecified atom stereocenters. The van der Waals surface area contributed by atoms with E-state index < -0.39 is 34.3 Å². The fraction of sp³-hybridized carbons (Fsp3) is 0.100. The third-order valence-electron chi connectivity index (χ3n) is 4.54. The molecule has 158 valence electrons. The van der Waals surface area contributed by atoms with E-state index >= 15 is 0 Å². The Kier molecular flexibility index (Phi) is 6.05. The van der Waals surface area contributed by atoms with Gasteiger partial charge in [-0.3, -0.25) is 20.2 Å². The maximum Gasteiger partial charge on any atom is 0.336 e. The molecule has 2 N–H and O–H groups in total. The molecule has 11 heteroatoms. The van der Waals surface area contributed by atoms with Crippen molar-refractivity contribution in [2.75, 3.05) is 0 Å². The molecule has 0 amide bonds. The molecule has 0 saturated heterocycles. The Morgan fingerprint density at radius 3 is 2.39 bits per heavy atom. The number of hydrogen-bond donors (Lipinski definition) is 2. The Morgan fingerprint density at radius 2 is 1.71 bits per heavy atom. The van der Waals surface area contributed by atoms with Gasteiger partial charge < -0.3 is 15.2 Å². The van der Waals surface area contributed by atoms with Crippen LogP contribution < -0.4 is 5.32 Å². The summed E-state index contributed by atoms with van der Waals surface area (Å²) in [5.74, 6) is -3.40. The predicted octanol–water partition coefficient (Wildman–Crippen LogP) is 2.79. The summed E-state index contributed by atoms with van der Waals surface area (Å²) in [6, 6.07) is 11.0. The summed E-state index contributed by atoms with van der Waals surface area (Å²) in [5, 5.41) is 34.4. The van der Waals surface area contributed by atoms with Gasteiger partial charge in [-0.2, -0.15) is 0 Å². The molecule has 31 heavy (non-hydrogen) atoms.